The molecule has 6 heteroatoms. The SMILES string of the molecule is O=C(OCCN(CCO)CCO)c1ccccc1I. The van der Waals surface area contributed by atoms with Crippen LogP contribution < -0.4 is 0 Å². The molecule has 1 rings (SSSR count). The number of carbonyl (C=O) groups excluding carboxylic acids is 1. The van der Waals surface area contributed by atoms with E-state index in [1.54, 1.807) is 12.1 Å². The van der Waals surface area contributed by atoms with Crippen molar-refractivity contribution in [3.05, 3.63) is 33.4 Å². The Bertz CT molecular complexity index is 394. The number of benzene rings is 1. The van der Waals surface area contributed by atoms with E-state index in [0.717, 1.165) is 3.57 Å². The van der Waals surface area contributed by atoms with Crippen molar-refractivity contribution in [3.63, 3.8) is 0 Å². The van der Waals surface area contributed by atoms with Crippen molar-refractivity contribution >= 4 is 28.6 Å². The molecule has 106 valence electrons. The summed E-state index contributed by atoms with van der Waals surface area (Å²) in [5.41, 5.74) is 0.555. The third-order valence-electron chi connectivity index (χ3n) is 2.57. The number of aliphatic hydroxyl groups is 2. The van der Waals surface area contributed by atoms with Crippen molar-refractivity contribution in [2.45, 2.75) is 0 Å². The number of hydrogen-bond donors (Lipinski definition) is 2. The lowest BCUT2D eigenvalue weighted by Gasteiger charge is -2.19. The highest BCUT2D eigenvalue weighted by Crippen LogP contribution is 2.12. The molecule has 0 saturated heterocycles. The lowest BCUT2D eigenvalue weighted by molar-refractivity contribution is 0.0442. The van der Waals surface area contributed by atoms with Gasteiger partial charge in [-0.1, -0.05) is 12.1 Å². The second-order valence-electron chi connectivity index (χ2n) is 3.90. The van der Waals surface area contributed by atoms with Crippen LogP contribution >= 0.6 is 22.6 Å². The van der Waals surface area contributed by atoms with Crippen LogP contribution in [-0.2, 0) is 4.74 Å². The molecule has 0 heterocycles. The zero-order valence-electron chi connectivity index (χ0n) is 10.6. The molecule has 0 aromatic heterocycles. The lowest BCUT2D eigenvalue weighted by Crippen LogP contribution is -2.33. The van der Waals surface area contributed by atoms with Crippen LogP contribution in [0.1, 0.15) is 10.4 Å². The van der Waals surface area contributed by atoms with E-state index in [2.05, 4.69) is 22.6 Å². The van der Waals surface area contributed by atoms with E-state index in [1.807, 2.05) is 17.0 Å². The Morgan fingerprint density at radius 2 is 1.79 bits per heavy atom. The molecule has 0 bridgehead atoms. The molecule has 1 aromatic carbocycles. The Morgan fingerprint density at radius 3 is 2.37 bits per heavy atom. The highest BCUT2D eigenvalue weighted by Gasteiger charge is 2.11. The van der Waals surface area contributed by atoms with Crippen LogP contribution in [0.4, 0.5) is 0 Å². The predicted molar refractivity (Wildman–Crippen MR) is 80.1 cm³/mol. The number of nitrogens with zero attached hydrogens (tertiary/aromatic N) is 1. The molecular formula is C13H18INO4. The number of ether oxygens (including phenoxy) is 1. The first-order valence-electron chi connectivity index (χ1n) is 6.04. The van der Waals surface area contributed by atoms with Gasteiger partial charge in [-0.3, -0.25) is 4.90 Å². The van der Waals surface area contributed by atoms with Crippen molar-refractivity contribution in [3.8, 4) is 0 Å². The van der Waals surface area contributed by atoms with Gasteiger partial charge >= 0.3 is 5.97 Å². The Hall–Kier alpha value is -0.700. The van der Waals surface area contributed by atoms with Gasteiger partial charge in [0, 0.05) is 23.2 Å². The smallest absolute Gasteiger partial charge is 0.339 e. The summed E-state index contributed by atoms with van der Waals surface area (Å²) < 4.78 is 6.04. The lowest BCUT2D eigenvalue weighted by atomic mass is 10.2. The molecule has 0 radical (unpaired) electrons. The van der Waals surface area contributed by atoms with Crippen molar-refractivity contribution < 1.29 is 19.7 Å². The Labute approximate surface area is 126 Å². The van der Waals surface area contributed by atoms with Crippen LogP contribution in [-0.4, -0.2) is 60.5 Å². The maximum absolute atomic E-state index is 11.8. The molecule has 2 N–H and O–H groups in total. The predicted octanol–water partition coefficient (Wildman–Crippen LogP) is 0.735. The van der Waals surface area contributed by atoms with Crippen LogP contribution in [0.5, 0.6) is 0 Å². The summed E-state index contributed by atoms with van der Waals surface area (Å²) in [5, 5.41) is 17.7. The molecule has 0 unspecified atom stereocenters. The summed E-state index contributed by atoms with van der Waals surface area (Å²) in [6, 6.07) is 7.23. The summed E-state index contributed by atoms with van der Waals surface area (Å²) >= 11 is 2.09. The maximum atomic E-state index is 11.8. The van der Waals surface area contributed by atoms with E-state index in [4.69, 9.17) is 14.9 Å². The number of hydrogen-bond acceptors (Lipinski definition) is 5. The van der Waals surface area contributed by atoms with E-state index < -0.39 is 0 Å². The molecule has 0 aliphatic carbocycles. The average Bonchev–Trinajstić information content (AvgIpc) is 2.39. The fourth-order valence-electron chi connectivity index (χ4n) is 1.59. The quantitative estimate of drug-likeness (QED) is 0.515. The van der Waals surface area contributed by atoms with Crippen molar-refractivity contribution in [2.24, 2.45) is 0 Å². The number of esters is 1. The third-order valence-corrected chi connectivity index (χ3v) is 3.51. The first-order chi connectivity index (χ1) is 9.19. The Morgan fingerprint density at radius 1 is 1.16 bits per heavy atom. The summed E-state index contributed by atoms with van der Waals surface area (Å²) in [7, 11) is 0. The van der Waals surface area contributed by atoms with Crippen molar-refractivity contribution in [1.82, 2.24) is 4.90 Å². The molecular weight excluding hydrogens is 361 g/mol. The van der Waals surface area contributed by atoms with Gasteiger partial charge in [-0.05, 0) is 34.7 Å². The molecule has 0 amide bonds. The number of aliphatic hydroxyl groups excluding tert-OH is 2. The monoisotopic (exact) mass is 379 g/mol. The number of halogens is 1. The zero-order chi connectivity index (χ0) is 14.1. The van der Waals surface area contributed by atoms with Crippen molar-refractivity contribution in [1.29, 1.82) is 0 Å². The molecule has 1 aromatic rings. The molecule has 0 aliphatic heterocycles. The first kappa shape index (κ1) is 16.4. The average molecular weight is 379 g/mol. The largest absolute Gasteiger partial charge is 0.461 e. The van der Waals surface area contributed by atoms with Gasteiger partial charge in [0.2, 0.25) is 0 Å². The standard InChI is InChI=1S/C13H18INO4/c14-12-4-2-1-3-11(12)13(18)19-10-7-15(5-8-16)6-9-17/h1-4,16-17H,5-10H2. The van der Waals surface area contributed by atoms with E-state index in [-0.39, 0.29) is 25.8 Å². The number of rotatable bonds is 8. The van der Waals surface area contributed by atoms with Crippen LogP contribution in [0.2, 0.25) is 0 Å². The Kier molecular flexibility index (Phi) is 7.96. The van der Waals surface area contributed by atoms with Crippen LogP contribution in [0.3, 0.4) is 0 Å². The molecule has 19 heavy (non-hydrogen) atoms. The van der Waals surface area contributed by atoms with Gasteiger partial charge in [0.05, 0.1) is 18.8 Å². The van der Waals surface area contributed by atoms with E-state index in [0.29, 0.717) is 25.2 Å². The summed E-state index contributed by atoms with van der Waals surface area (Å²) in [6.45, 7) is 1.69. The first-order valence-corrected chi connectivity index (χ1v) is 7.12. The van der Waals surface area contributed by atoms with Gasteiger partial charge in [0.25, 0.3) is 0 Å². The van der Waals surface area contributed by atoms with Gasteiger partial charge < -0.3 is 14.9 Å². The summed E-state index contributed by atoms with van der Waals surface area (Å²) in [4.78, 5) is 13.7. The highest BCUT2D eigenvalue weighted by molar-refractivity contribution is 14.1. The second-order valence-corrected chi connectivity index (χ2v) is 5.07. The van der Waals surface area contributed by atoms with E-state index in [1.165, 1.54) is 0 Å². The summed E-state index contributed by atoms with van der Waals surface area (Å²) in [5.74, 6) is -0.349. The second kappa shape index (κ2) is 9.24. The minimum Gasteiger partial charge on any atom is -0.461 e. The van der Waals surface area contributed by atoms with Crippen LogP contribution in [0.25, 0.3) is 0 Å². The number of carbonyl (C=O) groups is 1. The minimum absolute atomic E-state index is 0.0184. The molecule has 0 spiro atoms. The zero-order valence-corrected chi connectivity index (χ0v) is 12.7. The fourth-order valence-corrected chi connectivity index (χ4v) is 2.20. The van der Waals surface area contributed by atoms with E-state index in [9.17, 15) is 4.79 Å². The van der Waals surface area contributed by atoms with Crippen molar-refractivity contribution in [2.75, 3.05) is 39.5 Å². The maximum Gasteiger partial charge on any atom is 0.339 e. The van der Waals surface area contributed by atoms with Gasteiger partial charge in [-0.25, -0.2) is 4.79 Å². The van der Waals surface area contributed by atoms with Gasteiger partial charge in [0.15, 0.2) is 0 Å². The molecule has 0 saturated carbocycles. The van der Waals surface area contributed by atoms with Gasteiger partial charge in [-0.2, -0.15) is 0 Å². The fraction of sp³-hybridized carbons (Fsp3) is 0.462. The molecule has 5 nitrogen and oxygen atoms in total. The summed E-state index contributed by atoms with van der Waals surface area (Å²) in [6.07, 6.45) is 0. The topological polar surface area (TPSA) is 70.0 Å². The van der Waals surface area contributed by atoms with Gasteiger partial charge in [0.1, 0.15) is 6.61 Å². The third kappa shape index (κ3) is 5.85. The van der Waals surface area contributed by atoms with E-state index >= 15 is 0 Å². The Balaban J connectivity index is 2.40. The normalized spacial score (nSPS) is 10.7. The minimum atomic E-state index is -0.349. The molecule has 0 aliphatic rings. The molecule has 0 atom stereocenters. The van der Waals surface area contributed by atoms with Crippen LogP contribution in [0, 0.1) is 3.57 Å². The highest BCUT2D eigenvalue weighted by atomic mass is 127. The van der Waals surface area contributed by atoms with Gasteiger partial charge in [-0.15, -0.1) is 0 Å². The molecule has 0 fully saturated rings. The van der Waals surface area contributed by atoms with Crippen LogP contribution in [0.15, 0.2) is 24.3 Å².